The largest absolute Gasteiger partial charge is 0.377 e. The van der Waals surface area contributed by atoms with Crippen LogP contribution in [0, 0.1) is 0 Å². The van der Waals surface area contributed by atoms with Crippen LogP contribution >= 0.6 is 0 Å². The predicted molar refractivity (Wildman–Crippen MR) is 59.6 cm³/mol. The van der Waals surface area contributed by atoms with Crippen LogP contribution in [0.25, 0.3) is 0 Å². The molecular weight excluding hydrogens is 176 g/mol. The smallest absolute Gasteiger partial charge is 0.0700 e. The molecule has 0 bridgehead atoms. The summed E-state index contributed by atoms with van der Waals surface area (Å²) in [6.07, 6.45) is 2.92. The van der Waals surface area contributed by atoms with E-state index in [2.05, 4.69) is 31.1 Å². The van der Waals surface area contributed by atoms with Gasteiger partial charge in [0.1, 0.15) is 0 Å². The van der Waals surface area contributed by atoms with Crippen molar-refractivity contribution in [2.75, 3.05) is 33.3 Å². The maximum Gasteiger partial charge on any atom is 0.0700 e. The minimum Gasteiger partial charge on any atom is -0.377 e. The van der Waals surface area contributed by atoms with Crippen LogP contribution in [0.4, 0.5) is 0 Å². The highest BCUT2D eigenvalue weighted by atomic mass is 16.5. The van der Waals surface area contributed by atoms with Crippen LogP contribution in [0.2, 0.25) is 0 Å². The van der Waals surface area contributed by atoms with Crippen molar-refractivity contribution in [2.24, 2.45) is 0 Å². The number of hydrogen-bond donors (Lipinski definition) is 1. The van der Waals surface area contributed by atoms with Gasteiger partial charge in [0.25, 0.3) is 0 Å². The molecule has 0 saturated carbocycles. The minimum atomic E-state index is 0.462. The van der Waals surface area contributed by atoms with Crippen LogP contribution in [0.1, 0.15) is 26.7 Å². The monoisotopic (exact) mass is 200 g/mol. The Labute approximate surface area is 87.8 Å². The molecule has 1 aliphatic rings. The second kappa shape index (κ2) is 6.38. The van der Waals surface area contributed by atoms with E-state index in [0.29, 0.717) is 12.1 Å². The molecule has 1 fully saturated rings. The third-order valence-electron chi connectivity index (χ3n) is 2.84. The Bertz CT molecular complexity index is 146. The molecule has 1 unspecified atom stereocenters. The summed E-state index contributed by atoms with van der Waals surface area (Å²) in [5.41, 5.74) is 0. The minimum absolute atomic E-state index is 0.462. The van der Waals surface area contributed by atoms with Crippen LogP contribution in [0.15, 0.2) is 0 Å². The Kier molecular flexibility index (Phi) is 5.45. The second-order valence-corrected chi connectivity index (χ2v) is 4.30. The third-order valence-corrected chi connectivity index (χ3v) is 2.84. The van der Waals surface area contributed by atoms with E-state index in [1.165, 1.54) is 12.8 Å². The van der Waals surface area contributed by atoms with Gasteiger partial charge in [-0.05, 0) is 33.4 Å². The van der Waals surface area contributed by atoms with Crippen LogP contribution in [-0.4, -0.2) is 50.3 Å². The number of likely N-dealkylation sites (N-methyl/N-ethyl adjacent to an activating group) is 1. The maximum absolute atomic E-state index is 5.56. The van der Waals surface area contributed by atoms with E-state index >= 15 is 0 Å². The molecular formula is C11H24N2O. The van der Waals surface area contributed by atoms with E-state index in [-0.39, 0.29) is 0 Å². The number of rotatable bonds is 6. The Morgan fingerprint density at radius 3 is 2.93 bits per heavy atom. The van der Waals surface area contributed by atoms with Gasteiger partial charge in [-0.25, -0.2) is 0 Å². The SMILES string of the molecule is CCN(C)CC(C)NC[C@@H]1CCCO1. The molecule has 2 atom stereocenters. The Morgan fingerprint density at radius 2 is 2.36 bits per heavy atom. The van der Waals surface area contributed by atoms with E-state index in [1.54, 1.807) is 0 Å². The lowest BCUT2D eigenvalue weighted by atomic mass is 10.2. The summed E-state index contributed by atoms with van der Waals surface area (Å²) in [6, 6.07) is 0.559. The summed E-state index contributed by atoms with van der Waals surface area (Å²) in [5.74, 6) is 0. The van der Waals surface area contributed by atoms with Crippen molar-refractivity contribution in [1.29, 1.82) is 0 Å². The molecule has 0 aromatic heterocycles. The summed E-state index contributed by atoms with van der Waals surface area (Å²) in [7, 11) is 2.16. The molecule has 1 heterocycles. The van der Waals surface area contributed by atoms with E-state index in [1.807, 2.05) is 0 Å². The molecule has 1 saturated heterocycles. The fourth-order valence-corrected chi connectivity index (χ4v) is 1.80. The summed E-state index contributed by atoms with van der Waals surface area (Å²) in [4.78, 5) is 2.33. The van der Waals surface area contributed by atoms with Crippen molar-refractivity contribution in [3.8, 4) is 0 Å². The molecule has 84 valence electrons. The zero-order valence-electron chi connectivity index (χ0n) is 9.75. The van der Waals surface area contributed by atoms with Crippen molar-refractivity contribution in [2.45, 2.75) is 38.8 Å². The van der Waals surface area contributed by atoms with E-state index < -0.39 is 0 Å². The van der Waals surface area contributed by atoms with Crippen molar-refractivity contribution in [3.05, 3.63) is 0 Å². The zero-order chi connectivity index (χ0) is 10.4. The second-order valence-electron chi connectivity index (χ2n) is 4.30. The summed E-state index contributed by atoms with van der Waals surface area (Å²) in [6.45, 7) is 8.62. The first-order chi connectivity index (χ1) is 6.72. The third kappa shape index (κ3) is 4.40. The number of nitrogens with one attached hydrogen (secondary N) is 1. The number of ether oxygens (including phenoxy) is 1. The molecule has 1 N–H and O–H groups in total. The average Bonchev–Trinajstić information content (AvgIpc) is 2.67. The van der Waals surface area contributed by atoms with Crippen molar-refractivity contribution >= 4 is 0 Å². The molecule has 1 aliphatic heterocycles. The van der Waals surface area contributed by atoms with Gasteiger partial charge in [-0.1, -0.05) is 6.92 Å². The van der Waals surface area contributed by atoms with Gasteiger partial charge in [0.05, 0.1) is 6.10 Å². The molecule has 0 aliphatic carbocycles. The molecule has 3 heteroatoms. The van der Waals surface area contributed by atoms with Crippen LogP contribution in [0.3, 0.4) is 0 Å². The van der Waals surface area contributed by atoms with Crippen LogP contribution in [0.5, 0.6) is 0 Å². The van der Waals surface area contributed by atoms with Gasteiger partial charge in [0.15, 0.2) is 0 Å². The molecule has 0 radical (unpaired) electrons. The number of nitrogens with zero attached hydrogens (tertiary/aromatic N) is 1. The van der Waals surface area contributed by atoms with Gasteiger partial charge in [0.2, 0.25) is 0 Å². The van der Waals surface area contributed by atoms with Gasteiger partial charge < -0.3 is 15.0 Å². The Hall–Kier alpha value is -0.120. The first kappa shape index (κ1) is 12.0. The standard InChI is InChI=1S/C11H24N2O/c1-4-13(3)9-10(2)12-8-11-6-5-7-14-11/h10-12H,4-9H2,1-3H3/t10?,11-/m0/s1. The lowest BCUT2D eigenvalue weighted by Gasteiger charge is -2.22. The number of hydrogen-bond acceptors (Lipinski definition) is 3. The average molecular weight is 200 g/mol. The highest BCUT2D eigenvalue weighted by Gasteiger charge is 2.15. The van der Waals surface area contributed by atoms with Crippen molar-refractivity contribution in [1.82, 2.24) is 10.2 Å². The maximum atomic E-state index is 5.56. The Morgan fingerprint density at radius 1 is 1.57 bits per heavy atom. The molecule has 1 rings (SSSR count). The topological polar surface area (TPSA) is 24.5 Å². The summed E-state index contributed by atoms with van der Waals surface area (Å²) < 4.78 is 5.56. The molecule has 0 aromatic rings. The summed E-state index contributed by atoms with van der Waals surface area (Å²) >= 11 is 0. The fraction of sp³-hybridized carbons (Fsp3) is 1.00. The normalized spacial score (nSPS) is 24.4. The molecule has 0 spiro atoms. The lowest BCUT2D eigenvalue weighted by Crippen LogP contribution is -2.40. The van der Waals surface area contributed by atoms with Gasteiger partial charge in [-0.3, -0.25) is 0 Å². The fourth-order valence-electron chi connectivity index (χ4n) is 1.80. The van der Waals surface area contributed by atoms with Gasteiger partial charge in [-0.2, -0.15) is 0 Å². The van der Waals surface area contributed by atoms with Crippen molar-refractivity contribution < 1.29 is 4.74 Å². The van der Waals surface area contributed by atoms with Crippen LogP contribution < -0.4 is 5.32 Å². The molecule has 3 nitrogen and oxygen atoms in total. The van der Waals surface area contributed by atoms with Crippen molar-refractivity contribution in [3.63, 3.8) is 0 Å². The Balaban J connectivity index is 2.04. The predicted octanol–water partition coefficient (Wildman–Crippen LogP) is 1.10. The van der Waals surface area contributed by atoms with E-state index in [9.17, 15) is 0 Å². The van der Waals surface area contributed by atoms with Gasteiger partial charge in [-0.15, -0.1) is 0 Å². The first-order valence-corrected chi connectivity index (χ1v) is 5.76. The van der Waals surface area contributed by atoms with Gasteiger partial charge in [0, 0.05) is 25.7 Å². The first-order valence-electron chi connectivity index (χ1n) is 5.76. The zero-order valence-corrected chi connectivity index (χ0v) is 9.75. The molecule has 14 heavy (non-hydrogen) atoms. The highest BCUT2D eigenvalue weighted by Crippen LogP contribution is 2.10. The van der Waals surface area contributed by atoms with Crippen LogP contribution in [-0.2, 0) is 4.74 Å². The summed E-state index contributed by atoms with van der Waals surface area (Å²) in [5, 5.41) is 3.52. The molecule has 0 amide bonds. The van der Waals surface area contributed by atoms with Gasteiger partial charge >= 0.3 is 0 Å². The quantitative estimate of drug-likeness (QED) is 0.695. The lowest BCUT2D eigenvalue weighted by molar-refractivity contribution is 0.106. The van der Waals surface area contributed by atoms with E-state index in [0.717, 1.165) is 26.2 Å². The van der Waals surface area contributed by atoms with E-state index in [4.69, 9.17) is 4.74 Å². The molecule has 0 aromatic carbocycles. The highest BCUT2D eigenvalue weighted by molar-refractivity contribution is 4.71.